The Hall–Kier alpha value is -3.11. The molecule has 2 heterocycles. The van der Waals surface area contributed by atoms with Gasteiger partial charge in [-0.2, -0.15) is 0 Å². The van der Waals surface area contributed by atoms with Gasteiger partial charge < -0.3 is 9.72 Å². The van der Waals surface area contributed by atoms with Gasteiger partial charge in [-0.25, -0.2) is 4.98 Å². The predicted molar refractivity (Wildman–Crippen MR) is 123 cm³/mol. The number of fused-ring (bicyclic) bond motifs is 1. The normalized spacial score (nSPS) is 11.1. The van der Waals surface area contributed by atoms with Crippen molar-refractivity contribution in [2.45, 2.75) is 34.1 Å². The molecule has 2 aromatic heterocycles. The van der Waals surface area contributed by atoms with Gasteiger partial charge in [-0.15, -0.1) is 0 Å². The largest absolute Gasteiger partial charge is 0.326 e. The van der Waals surface area contributed by atoms with Gasteiger partial charge in [0, 0.05) is 22.5 Å². The Morgan fingerprint density at radius 3 is 2.50 bits per heavy atom. The summed E-state index contributed by atoms with van der Waals surface area (Å²) >= 11 is 6.03. The molecule has 0 aliphatic heterocycles. The van der Waals surface area contributed by atoms with Crippen molar-refractivity contribution in [1.82, 2.24) is 9.38 Å². The van der Waals surface area contributed by atoms with Gasteiger partial charge in [0.1, 0.15) is 5.65 Å². The summed E-state index contributed by atoms with van der Waals surface area (Å²) in [6.07, 6.45) is 2.20. The standard InChI is InChI=1S/C25H24ClN3O/c1-15-9-10-29-22(14-24(30)27-21-8-7-20(26)13-18(21)4)25(28-23(29)11-15)19-6-5-16(2)17(3)12-19/h5-13H,14H2,1-4H3,(H,27,30). The summed E-state index contributed by atoms with van der Waals surface area (Å²) in [5.41, 5.74) is 8.83. The van der Waals surface area contributed by atoms with Crippen molar-refractivity contribution >= 4 is 28.8 Å². The van der Waals surface area contributed by atoms with Crippen molar-refractivity contribution in [1.29, 1.82) is 0 Å². The average Bonchev–Trinajstić information content (AvgIpc) is 3.03. The van der Waals surface area contributed by atoms with E-state index in [0.717, 1.165) is 39.4 Å². The number of nitrogens with one attached hydrogen (secondary N) is 1. The summed E-state index contributed by atoms with van der Waals surface area (Å²) in [6.45, 7) is 8.16. The summed E-state index contributed by atoms with van der Waals surface area (Å²) in [5.74, 6) is -0.0899. The van der Waals surface area contributed by atoms with Crippen LogP contribution in [0.15, 0.2) is 54.7 Å². The van der Waals surface area contributed by atoms with Gasteiger partial charge in [0.15, 0.2) is 0 Å². The SMILES string of the molecule is Cc1ccn2c(CC(=O)Nc3ccc(Cl)cc3C)c(-c3ccc(C)c(C)c3)nc2c1. The number of amides is 1. The number of nitrogens with zero attached hydrogens (tertiary/aromatic N) is 2. The van der Waals surface area contributed by atoms with Crippen molar-refractivity contribution in [3.8, 4) is 11.3 Å². The van der Waals surface area contributed by atoms with E-state index >= 15 is 0 Å². The molecule has 30 heavy (non-hydrogen) atoms. The van der Waals surface area contributed by atoms with Crippen LogP contribution in [0.4, 0.5) is 5.69 Å². The number of pyridine rings is 1. The third-order valence-corrected chi connectivity index (χ3v) is 5.69. The van der Waals surface area contributed by atoms with Crippen molar-refractivity contribution in [2.24, 2.45) is 0 Å². The maximum absolute atomic E-state index is 12.9. The Kier molecular flexibility index (Phi) is 5.35. The molecular formula is C25H24ClN3O. The van der Waals surface area contributed by atoms with Crippen molar-refractivity contribution in [3.63, 3.8) is 0 Å². The van der Waals surface area contributed by atoms with E-state index in [2.05, 4.69) is 37.4 Å². The number of hydrogen-bond acceptors (Lipinski definition) is 2. The monoisotopic (exact) mass is 417 g/mol. The molecule has 0 atom stereocenters. The lowest BCUT2D eigenvalue weighted by atomic mass is 10.0. The quantitative estimate of drug-likeness (QED) is 0.438. The number of hydrogen-bond donors (Lipinski definition) is 1. The zero-order valence-electron chi connectivity index (χ0n) is 17.6. The fraction of sp³-hybridized carbons (Fsp3) is 0.200. The molecule has 152 valence electrons. The van der Waals surface area contributed by atoms with E-state index in [1.807, 2.05) is 48.7 Å². The number of halogens is 1. The van der Waals surface area contributed by atoms with E-state index in [0.29, 0.717) is 5.02 Å². The number of carbonyl (C=O) groups excluding carboxylic acids is 1. The molecule has 1 amide bonds. The zero-order valence-corrected chi connectivity index (χ0v) is 18.3. The molecule has 0 radical (unpaired) electrons. The van der Waals surface area contributed by atoms with Gasteiger partial charge in [0.2, 0.25) is 5.91 Å². The minimum absolute atomic E-state index is 0.0899. The summed E-state index contributed by atoms with van der Waals surface area (Å²) in [5, 5.41) is 3.66. The van der Waals surface area contributed by atoms with E-state index in [-0.39, 0.29) is 12.3 Å². The second-order valence-electron chi connectivity index (χ2n) is 7.82. The highest BCUT2D eigenvalue weighted by molar-refractivity contribution is 6.30. The molecule has 4 rings (SSSR count). The number of imidazole rings is 1. The minimum atomic E-state index is -0.0899. The molecule has 2 aromatic carbocycles. The molecule has 0 aliphatic rings. The van der Waals surface area contributed by atoms with Crippen molar-refractivity contribution in [2.75, 3.05) is 5.32 Å². The van der Waals surface area contributed by atoms with Gasteiger partial charge >= 0.3 is 0 Å². The minimum Gasteiger partial charge on any atom is -0.326 e. The highest BCUT2D eigenvalue weighted by atomic mass is 35.5. The zero-order chi connectivity index (χ0) is 21.4. The molecule has 0 unspecified atom stereocenters. The fourth-order valence-electron chi connectivity index (χ4n) is 3.60. The molecule has 0 saturated carbocycles. The van der Waals surface area contributed by atoms with E-state index in [1.165, 1.54) is 11.1 Å². The predicted octanol–water partition coefficient (Wildman–Crippen LogP) is 6.07. The maximum atomic E-state index is 12.9. The van der Waals surface area contributed by atoms with Crippen LogP contribution in [-0.2, 0) is 11.2 Å². The van der Waals surface area contributed by atoms with E-state index < -0.39 is 0 Å². The van der Waals surface area contributed by atoms with Gasteiger partial charge in [0.05, 0.1) is 17.8 Å². The number of rotatable bonds is 4. The van der Waals surface area contributed by atoms with Crippen LogP contribution in [0, 0.1) is 27.7 Å². The maximum Gasteiger partial charge on any atom is 0.230 e. The molecule has 4 nitrogen and oxygen atoms in total. The first-order chi connectivity index (χ1) is 14.3. The first-order valence-corrected chi connectivity index (χ1v) is 10.3. The summed E-state index contributed by atoms with van der Waals surface area (Å²) in [7, 11) is 0. The van der Waals surface area contributed by atoms with Crippen LogP contribution in [0.25, 0.3) is 16.9 Å². The molecule has 0 saturated heterocycles. The van der Waals surface area contributed by atoms with E-state index in [4.69, 9.17) is 16.6 Å². The van der Waals surface area contributed by atoms with Gasteiger partial charge in [0.25, 0.3) is 0 Å². The van der Waals surface area contributed by atoms with Crippen LogP contribution in [0.3, 0.4) is 0 Å². The molecule has 5 heteroatoms. The van der Waals surface area contributed by atoms with Crippen LogP contribution < -0.4 is 5.32 Å². The lowest BCUT2D eigenvalue weighted by Gasteiger charge is -2.10. The summed E-state index contributed by atoms with van der Waals surface area (Å²) in [4.78, 5) is 17.8. The Bertz CT molecular complexity index is 1270. The molecule has 0 aliphatic carbocycles. The van der Waals surface area contributed by atoms with Crippen molar-refractivity contribution < 1.29 is 4.79 Å². The van der Waals surface area contributed by atoms with Crippen LogP contribution >= 0.6 is 11.6 Å². The highest BCUT2D eigenvalue weighted by Crippen LogP contribution is 2.28. The summed E-state index contributed by atoms with van der Waals surface area (Å²) in [6, 6.07) is 15.8. The topological polar surface area (TPSA) is 46.4 Å². The van der Waals surface area contributed by atoms with Crippen LogP contribution in [-0.4, -0.2) is 15.3 Å². The summed E-state index contributed by atoms with van der Waals surface area (Å²) < 4.78 is 2.01. The third kappa shape index (κ3) is 3.96. The average molecular weight is 418 g/mol. The van der Waals surface area contributed by atoms with E-state index in [1.54, 1.807) is 6.07 Å². The number of aromatic nitrogens is 2. The lowest BCUT2D eigenvalue weighted by Crippen LogP contribution is -2.16. The lowest BCUT2D eigenvalue weighted by molar-refractivity contribution is -0.115. The molecule has 0 bridgehead atoms. The van der Waals surface area contributed by atoms with Gasteiger partial charge in [-0.05, 0) is 86.3 Å². The second-order valence-corrected chi connectivity index (χ2v) is 8.26. The first kappa shape index (κ1) is 20.2. The number of anilines is 1. The fourth-order valence-corrected chi connectivity index (χ4v) is 3.83. The highest BCUT2D eigenvalue weighted by Gasteiger charge is 2.18. The number of carbonyl (C=O) groups is 1. The van der Waals surface area contributed by atoms with Crippen LogP contribution in [0.2, 0.25) is 5.02 Å². The molecule has 0 fully saturated rings. The Labute approximate surface area is 181 Å². The Morgan fingerprint density at radius 2 is 1.77 bits per heavy atom. The Morgan fingerprint density at radius 1 is 0.967 bits per heavy atom. The van der Waals surface area contributed by atoms with Gasteiger partial charge in [-0.3, -0.25) is 4.79 Å². The van der Waals surface area contributed by atoms with Gasteiger partial charge in [-0.1, -0.05) is 23.7 Å². The molecule has 1 N–H and O–H groups in total. The molecule has 0 spiro atoms. The smallest absolute Gasteiger partial charge is 0.230 e. The molecule has 4 aromatic rings. The second kappa shape index (κ2) is 7.96. The number of aryl methyl sites for hydroxylation is 4. The molecular weight excluding hydrogens is 394 g/mol. The van der Waals surface area contributed by atoms with E-state index in [9.17, 15) is 4.79 Å². The van der Waals surface area contributed by atoms with Crippen LogP contribution in [0.1, 0.15) is 27.9 Å². The third-order valence-electron chi connectivity index (χ3n) is 5.45. The van der Waals surface area contributed by atoms with Crippen molar-refractivity contribution in [3.05, 3.63) is 87.7 Å². The first-order valence-electron chi connectivity index (χ1n) is 9.93. The van der Waals surface area contributed by atoms with Crippen LogP contribution in [0.5, 0.6) is 0 Å². The number of benzene rings is 2. The Balaban J connectivity index is 1.74.